The summed E-state index contributed by atoms with van der Waals surface area (Å²) in [6.45, 7) is 1.52. The number of nitrogens with zero attached hydrogens (tertiary/aromatic N) is 1. The number of aliphatic hydroxyl groups is 2. The van der Waals surface area contributed by atoms with Gasteiger partial charge in [-0.15, -0.1) is 0 Å². The summed E-state index contributed by atoms with van der Waals surface area (Å²) in [7, 11) is 0. The van der Waals surface area contributed by atoms with E-state index in [0.717, 1.165) is 0 Å². The van der Waals surface area contributed by atoms with E-state index in [-0.39, 0.29) is 16.7 Å². The molecule has 24 heavy (non-hydrogen) atoms. The Morgan fingerprint density at radius 3 is 2.46 bits per heavy atom. The number of piperidine rings is 1. The molecular weight excluding hydrogens is 355 g/mol. The molecule has 1 aliphatic rings. The Hall–Kier alpha value is -1.05. The van der Waals surface area contributed by atoms with Gasteiger partial charge in [-0.05, 0) is 31.7 Å². The van der Waals surface area contributed by atoms with Gasteiger partial charge in [0.05, 0.1) is 16.7 Å². The van der Waals surface area contributed by atoms with Crippen molar-refractivity contribution in [3.05, 3.63) is 27.7 Å². The van der Waals surface area contributed by atoms with Crippen molar-refractivity contribution in [2.75, 3.05) is 19.7 Å². The zero-order valence-electron chi connectivity index (χ0n) is 13.4. The molecule has 2 rings (SSSR count). The Morgan fingerprint density at radius 2 is 1.92 bits per heavy atom. The molecule has 1 aliphatic heterocycles. The van der Waals surface area contributed by atoms with Crippen molar-refractivity contribution in [1.82, 2.24) is 4.90 Å². The van der Waals surface area contributed by atoms with Crippen LogP contribution >= 0.6 is 23.2 Å². The number of carbonyl (C=O) groups is 1. The molecule has 5 N–H and O–H groups in total. The fourth-order valence-corrected chi connectivity index (χ4v) is 3.27. The number of phenols is 1. The van der Waals surface area contributed by atoms with Crippen LogP contribution in [-0.4, -0.2) is 51.4 Å². The van der Waals surface area contributed by atoms with E-state index in [1.54, 1.807) is 6.07 Å². The molecule has 134 valence electrons. The third kappa shape index (κ3) is 3.95. The number of carbonyl (C=O) groups excluding carboxylic acids is 1. The van der Waals surface area contributed by atoms with E-state index >= 15 is 0 Å². The highest BCUT2D eigenvalue weighted by atomic mass is 35.5. The summed E-state index contributed by atoms with van der Waals surface area (Å²) in [5.74, 6) is -0.440. The summed E-state index contributed by atoms with van der Waals surface area (Å²) >= 11 is 11.9. The number of hydrogen-bond acceptors (Lipinski definition) is 5. The van der Waals surface area contributed by atoms with Crippen molar-refractivity contribution in [2.24, 2.45) is 11.7 Å². The van der Waals surface area contributed by atoms with Gasteiger partial charge in [-0.1, -0.05) is 23.2 Å². The van der Waals surface area contributed by atoms with Gasteiger partial charge in [0.15, 0.2) is 5.60 Å². The third-order valence-corrected chi connectivity index (χ3v) is 5.25. The second-order valence-corrected chi connectivity index (χ2v) is 7.23. The number of aromatic hydroxyl groups is 1. The minimum Gasteiger partial charge on any atom is -0.508 e. The number of aliphatic hydroxyl groups excluding tert-OH is 1. The average molecular weight is 377 g/mol. The molecule has 6 nitrogen and oxygen atoms in total. The monoisotopic (exact) mass is 376 g/mol. The maximum Gasteiger partial charge on any atom is 0.256 e. The number of benzene rings is 1. The second kappa shape index (κ2) is 7.45. The topological polar surface area (TPSA) is 107 Å². The van der Waals surface area contributed by atoms with Crippen LogP contribution in [0.3, 0.4) is 0 Å². The zero-order valence-corrected chi connectivity index (χ0v) is 14.9. The van der Waals surface area contributed by atoms with E-state index in [4.69, 9.17) is 34.0 Å². The van der Waals surface area contributed by atoms with Gasteiger partial charge in [-0.25, -0.2) is 0 Å². The van der Waals surface area contributed by atoms with Gasteiger partial charge in [0.25, 0.3) is 5.91 Å². The van der Waals surface area contributed by atoms with Crippen LogP contribution in [0, 0.1) is 5.92 Å². The second-order valence-electron chi connectivity index (χ2n) is 6.41. The van der Waals surface area contributed by atoms with Crippen LogP contribution in [0.25, 0.3) is 0 Å². The van der Waals surface area contributed by atoms with Gasteiger partial charge in [0.1, 0.15) is 5.75 Å². The lowest BCUT2D eigenvalue weighted by atomic mass is 9.85. The van der Waals surface area contributed by atoms with Gasteiger partial charge in [0, 0.05) is 30.8 Å². The standard InChI is InChI=1S/C16H22Cl2N2O4/c1-16(24,8-21)15(23)20-4-2-9(3-5-20)14(19)10-6-11(17)12(18)7-13(10)22/h6-7,9,14,21-22,24H,2-5,8,19H2,1H3/t14-,16-/m1/s1. The minimum atomic E-state index is -1.77. The van der Waals surface area contributed by atoms with Crippen LogP contribution in [0.5, 0.6) is 5.75 Å². The molecule has 0 radical (unpaired) electrons. The van der Waals surface area contributed by atoms with E-state index in [2.05, 4.69) is 0 Å². The summed E-state index contributed by atoms with van der Waals surface area (Å²) in [4.78, 5) is 13.7. The van der Waals surface area contributed by atoms with Crippen molar-refractivity contribution in [3.8, 4) is 5.75 Å². The smallest absolute Gasteiger partial charge is 0.256 e. The fourth-order valence-electron chi connectivity index (χ4n) is 2.94. The lowest BCUT2D eigenvalue weighted by molar-refractivity contribution is -0.154. The van der Waals surface area contributed by atoms with Gasteiger partial charge < -0.3 is 26.0 Å². The summed E-state index contributed by atoms with van der Waals surface area (Å²) < 4.78 is 0. The molecule has 1 amide bonds. The Labute approximate surface area is 150 Å². The van der Waals surface area contributed by atoms with E-state index in [1.807, 2.05) is 0 Å². The van der Waals surface area contributed by atoms with Gasteiger partial charge in [0.2, 0.25) is 0 Å². The van der Waals surface area contributed by atoms with Crippen LogP contribution in [0.4, 0.5) is 0 Å². The average Bonchev–Trinajstić information content (AvgIpc) is 2.57. The van der Waals surface area contributed by atoms with Gasteiger partial charge in [-0.2, -0.15) is 0 Å². The summed E-state index contributed by atoms with van der Waals surface area (Å²) in [5, 5.41) is 29.6. The zero-order chi connectivity index (χ0) is 18.1. The van der Waals surface area contributed by atoms with E-state index < -0.39 is 24.2 Å². The molecule has 0 saturated carbocycles. The van der Waals surface area contributed by atoms with E-state index in [9.17, 15) is 15.0 Å². The number of rotatable bonds is 4. The molecule has 1 aromatic carbocycles. The predicted octanol–water partition coefficient (Wildman–Crippen LogP) is 1.68. The van der Waals surface area contributed by atoms with E-state index in [0.29, 0.717) is 36.5 Å². The molecule has 8 heteroatoms. The van der Waals surface area contributed by atoms with Gasteiger partial charge in [-0.3, -0.25) is 4.79 Å². The number of halogens is 2. The van der Waals surface area contributed by atoms with Crippen molar-refractivity contribution < 1.29 is 20.1 Å². The predicted molar refractivity (Wildman–Crippen MR) is 92.1 cm³/mol. The number of amides is 1. The lowest BCUT2D eigenvalue weighted by Gasteiger charge is -2.37. The van der Waals surface area contributed by atoms with Gasteiger partial charge >= 0.3 is 0 Å². The number of hydrogen-bond donors (Lipinski definition) is 4. The molecule has 0 spiro atoms. The Balaban J connectivity index is 2.05. The molecule has 0 aliphatic carbocycles. The molecule has 0 aromatic heterocycles. The molecule has 2 atom stereocenters. The summed E-state index contributed by atoms with van der Waals surface area (Å²) in [6.07, 6.45) is 1.24. The minimum absolute atomic E-state index is 0.00128. The quantitative estimate of drug-likeness (QED) is 0.639. The number of likely N-dealkylation sites (tertiary alicyclic amines) is 1. The van der Waals surface area contributed by atoms with Crippen molar-refractivity contribution in [2.45, 2.75) is 31.4 Å². The molecule has 0 unspecified atom stereocenters. The van der Waals surface area contributed by atoms with Crippen LogP contribution in [0.2, 0.25) is 10.0 Å². The molecular formula is C16H22Cl2N2O4. The highest BCUT2D eigenvalue weighted by Crippen LogP contribution is 2.37. The van der Waals surface area contributed by atoms with Crippen molar-refractivity contribution >= 4 is 29.1 Å². The van der Waals surface area contributed by atoms with Crippen LogP contribution in [0.1, 0.15) is 31.4 Å². The number of phenolic OH excluding ortho intramolecular Hbond substituents is 1. The Kier molecular flexibility index (Phi) is 5.99. The van der Waals surface area contributed by atoms with Crippen LogP contribution in [0.15, 0.2) is 12.1 Å². The van der Waals surface area contributed by atoms with E-state index in [1.165, 1.54) is 17.9 Å². The first-order valence-corrected chi connectivity index (χ1v) is 8.49. The molecule has 1 saturated heterocycles. The largest absolute Gasteiger partial charge is 0.508 e. The molecule has 1 aromatic rings. The Bertz CT molecular complexity index is 616. The first-order chi connectivity index (χ1) is 11.2. The molecule has 1 fully saturated rings. The fraction of sp³-hybridized carbons (Fsp3) is 0.562. The van der Waals surface area contributed by atoms with Crippen LogP contribution in [-0.2, 0) is 4.79 Å². The maximum absolute atomic E-state index is 12.1. The third-order valence-electron chi connectivity index (χ3n) is 4.53. The highest BCUT2D eigenvalue weighted by molar-refractivity contribution is 6.42. The maximum atomic E-state index is 12.1. The summed E-state index contributed by atoms with van der Waals surface area (Å²) in [5.41, 5.74) is 5.03. The van der Waals surface area contributed by atoms with Crippen molar-refractivity contribution in [3.63, 3.8) is 0 Å². The van der Waals surface area contributed by atoms with Crippen LogP contribution < -0.4 is 5.73 Å². The first kappa shape index (κ1) is 19.3. The normalized spacial score (nSPS) is 19.8. The lowest BCUT2D eigenvalue weighted by Crippen LogP contribution is -2.52. The number of nitrogens with two attached hydrogens (primary N) is 1. The first-order valence-electron chi connectivity index (χ1n) is 7.73. The highest BCUT2D eigenvalue weighted by Gasteiger charge is 2.36. The molecule has 0 bridgehead atoms. The Morgan fingerprint density at radius 1 is 1.38 bits per heavy atom. The summed E-state index contributed by atoms with van der Waals surface area (Å²) in [6, 6.07) is 2.50. The SMILES string of the molecule is C[C@@](O)(CO)C(=O)N1CCC([C@@H](N)c2cc(Cl)c(Cl)cc2O)CC1. The molecule has 1 heterocycles. The van der Waals surface area contributed by atoms with Crippen molar-refractivity contribution in [1.29, 1.82) is 0 Å².